The Bertz CT molecular complexity index is 532. The third-order valence-corrected chi connectivity index (χ3v) is 2.44. The van der Waals surface area contributed by atoms with E-state index in [4.69, 9.17) is 14.3 Å². The summed E-state index contributed by atoms with van der Waals surface area (Å²) < 4.78 is 10.1. The summed E-state index contributed by atoms with van der Waals surface area (Å²) in [6.07, 6.45) is 0.139. The molecule has 0 aliphatic carbocycles. The van der Waals surface area contributed by atoms with Crippen LogP contribution >= 0.6 is 0 Å². The number of methoxy groups -OCH3 is 1. The van der Waals surface area contributed by atoms with Gasteiger partial charge in [0.2, 0.25) is 0 Å². The molecule has 0 bridgehead atoms. The molecule has 0 spiro atoms. The third kappa shape index (κ3) is 1.60. The van der Waals surface area contributed by atoms with Gasteiger partial charge in [0.25, 0.3) is 0 Å². The lowest BCUT2D eigenvalue weighted by molar-refractivity contribution is -0.138. The van der Waals surface area contributed by atoms with Gasteiger partial charge in [-0.2, -0.15) is 4.98 Å². The van der Waals surface area contributed by atoms with Gasteiger partial charge in [0.15, 0.2) is 5.58 Å². The number of para-hydroxylation sites is 1. The van der Waals surface area contributed by atoms with E-state index in [1.807, 2.05) is 0 Å². The minimum absolute atomic E-state index is 0.139. The largest absolute Gasteiger partial charge is 0.481 e. The van der Waals surface area contributed by atoms with Crippen molar-refractivity contribution in [3.63, 3.8) is 0 Å². The minimum Gasteiger partial charge on any atom is -0.481 e. The molecule has 2 rings (SSSR count). The fourth-order valence-electron chi connectivity index (χ4n) is 1.52. The van der Waals surface area contributed by atoms with Gasteiger partial charge in [0, 0.05) is 0 Å². The molecule has 1 aromatic carbocycles. The predicted molar refractivity (Wildman–Crippen MR) is 56.6 cm³/mol. The van der Waals surface area contributed by atoms with Crippen LogP contribution in [0.1, 0.15) is 18.4 Å². The van der Waals surface area contributed by atoms with Gasteiger partial charge in [-0.05, 0) is 18.6 Å². The van der Waals surface area contributed by atoms with Crippen molar-refractivity contribution in [2.45, 2.75) is 12.8 Å². The van der Waals surface area contributed by atoms with Crippen molar-refractivity contribution in [1.82, 2.24) is 4.98 Å². The van der Waals surface area contributed by atoms with Gasteiger partial charge in [-0.25, -0.2) is 0 Å². The maximum Gasteiger partial charge on any atom is 0.394 e. The van der Waals surface area contributed by atoms with Crippen molar-refractivity contribution in [3.8, 4) is 6.08 Å². The molecule has 0 fully saturated rings. The summed E-state index contributed by atoms with van der Waals surface area (Å²) in [6, 6.07) is 5.19. The number of rotatable bonds is 3. The number of aliphatic carboxylic acids is 1. The number of carboxylic acid groups (broad SMARTS) is 1. The highest BCUT2D eigenvalue weighted by molar-refractivity contribution is 5.85. The lowest BCUT2D eigenvalue weighted by Gasteiger charge is -2.05. The fourth-order valence-corrected chi connectivity index (χ4v) is 1.52. The number of carboxylic acids is 1. The SMILES string of the molecule is COc1nc2c(C(C)C(=O)O)cccc2o1. The van der Waals surface area contributed by atoms with E-state index in [1.54, 1.807) is 25.1 Å². The Morgan fingerprint density at radius 3 is 2.94 bits per heavy atom. The second-order valence-corrected chi connectivity index (χ2v) is 3.44. The van der Waals surface area contributed by atoms with Crippen molar-refractivity contribution in [1.29, 1.82) is 0 Å². The molecule has 0 amide bonds. The monoisotopic (exact) mass is 221 g/mol. The Morgan fingerprint density at radius 1 is 1.56 bits per heavy atom. The molecule has 16 heavy (non-hydrogen) atoms. The van der Waals surface area contributed by atoms with Crippen LogP contribution in [0.5, 0.6) is 6.08 Å². The van der Waals surface area contributed by atoms with Crippen molar-refractivity contribution in [2.24, 2.45) is 0 Å². The number of hydrogen-bond donors (Lipinski definition) is 1. The summed E-state index contributed by atoms with van der Waals surface area (Å²) >= 11 is 0. The normalized spacial score (nSPS) is 12.6. The molecule has 2 aromatic rings. The molecule has 0 radical (unpaired) electrons. The molecule has 5 nitrogen and oxygen atoms in total. The fraction of sp³-hybridized carbons (Fsp3) is 0.273. The molecular formula is C11H11NO4. The number of ether oxygens (including phenoxy) is 1. The highest BCUT2D eigenvalue weighted by Gasteiger charge is 2.19. The molecule has 1 N–H and O–H groups in total. The first-order valence-corrected chi connectivity index (χ1v) is 4.79. The van der Waals surface area contributed by atoms with Crippen LogP contribution in [0.3, 0.4) is 0 Å². The van der Waals surface area contributed by atoms with E-state index in [0.29, 0.717) is 16.7 Å². The van der Waals surface area contributed by atoms with E-state index in [1.165, 1.54) is 7.11 Å². The molecular weight excluding hydrogens is 210 g/mol. The summed E-state index contributed by atoms with van der Waals surface area (Å²) in [5.41, 5.74) is 1.69. The van der Waals surface area contributed by atoms with E-state index in [2.05, 4.69) is 4.98 Å². The van der Waals surface area contributed by atoms with Crippen LogP contribution in [0.25, 0.3) is 11.1 Å². The first-order valence-electron chi connectivity index (χ1n) is 4.79. The highest BCUT2D eigenvalue weighted by Crippen LogP contribution is 2.28. The molecule has 1 unspecified atom stereocenters. The number of benzene rings is 1. The van der Waals surface area contributed by atoms with E-state index in [9.17, 15) is 4.79 Å². The number of nitrogens with zero attached hydrogens (tertiary/aromatic N) is 1. The Kier molecular flexibility index (Phi) is 2.52. The first kappa shape index (κ1) is 10.5. The maximum absolute atomic E-state index is 10.9. The highest BCUT2D eigenvalue weighted by atomic mass is 16.6. The summed E-state index contributed by atoms with van der Waals surface area (Å²) in [5, 5.41) is 8.97. The minimum atomic E-state index is -0.894. The van der Waals surface area contributed by atoms with Gasteiger partial charge in [-0.1, -0.05) is 12.1 Å². The van der Waals surface area contributed by atoms with E-state index >= 15 is 0 Å². The second-order valence-electron chi connectivity index (χ2n) is 3.44. The van der Waals surface area contributed by atoms with Crippen molar-refractivity contribution in [3.05, 3.63) is 23.8 Å². The molecule has 0 aliphatic heterocycles. The van der Waals surface area contributed by atoms with Gasteiger partial charge in [0.05, 0.1) is 13.0 Å². The summed E-state index contributed by atoms with van der Waals surface area (Å²) in [5.74, 6) is -1.52. The summed E-state index contributed by atoms with van der Waals surface area (Å²) in [6.45, 7) is 1.61. The lowest BCUT2D eigenvalue weighted by atomic mass is 10.0. The smallest absolute Gasteiger partial charge is 0.394 e. The Hall–Kier alpha value is -2.04. The summed E-state index contributed by atoms with van der Waals surface area (Å²) in [4.78, 5) is 15.0. The molecule has 0 saturated carbocycles. The topological polar surface area (TPSA) is 72.6 Å². The van der Waals surface area contributed by atoms with Gasteiger partial charge < -0.3 is 14.3 Å². The zero-order chi connectivity index (χ0) is 11.7. The average molecular weight is 221 g/mol. The number of oxazole rings is 1. The van der Waals surface area contributed by atoms with Crippen LogP contribution in [0.15, 0.2) is 22.6 Å². The predicted octanol–water partition coefficient (Wildman–Crippen LogP) is 2.02. The van der Waals surface area contributed by atoms with E-state index < -0.39 is 11.9 Å². The molecule has 0 saturated heterocycles. The lowest BCUT2D eigenvalue weighted by Crippen LogP contribution is -2.07. The van der Waals surface area contributed by atoms with E-state index in [-0.39, 0.29) is 6.08 Å². The van der Waals surface area contributed by atoms with Crippen molar-refractivity contribution < 1.29 is 19.1 Å². The van der Waals surface area contributed by atoms with Gasteiger partial charge in [-0.3, -0.25) is 4.79 Å². The number of carbonyl (C=O) groups is 1. The standard InChI is InChI=1S/C11H11NO4/c1-6(10(13)14)7-4-3-5-8-9(7)12-11(15-2)16-8/h3-6H,1-2H3,(H,13,14). The van der Waals surface area contributed by atoms with Crippen LogP contribution in [0.4, 0.5) is 0 Å². The Balaban J connectivity index is 2.60. The zero-order valence-corrected chi connectivity index (χ0v) is 8.93. The van der Waals surface area contributed by atoms with Gasteiger partial charge >= 0.3 is 12.0 Å². The van der Waals surface area contributed by atoms with Crippen LogP contribution in [-0.4, -0.2) is 23.2 Å². The Morgan fingerprint density at radius 2 is 2.31 bits per heavy atom. The zero-order valence-electron chi connectivity index (χ0n) is 8.93. The molecule has 1 atom stereocenters. The number of hydrogen-bond acceptors (Lipinski definition) is 4. The maximum atomic E-state index is 10.9. The average Bonchev–Trinajstić information content (AvgIpc) is 2.70. The molecule has 1 aromatic heterocycles. The Labute approximate surface area is 91.7 Å². The quantitative estimate of drug-likeness (QED) is 0.858. The summed E-state index contributed by atoms with van der Waals surface area (Å²) in [7, 11) is 1.45. The number of fused-ring (bicyclic) bond motifs is 1. The van der Waals surface area contributed by atoms with Crippen LogP contribution in [0, 0.1) is 0 Å². The first-order chi connectivity index (χ1) is 7.63. The second kappa shape index (κ2) is 3.84. The van der Waals surface area contributed by atoms with Crippen LogP contribution in [-0.2, 0) is 4.79 Å². The van der Waals surface area contributed by atoms with Crippen molar-refractivity contribution in [2.75, 3.05) is 7.11 Å². The van der Waals surface area contributed by atoms with Gasteiger partial charge in [-0.15, -0.1) is 0 Å². The van der Waals surface area contributed by atoms with Gasteiger partial charge in [0.1, 0.15) is 5.52 Å². The van der Waals surface area contributed by atoms with Crippen LogP contribution in [0.2, 0.25) is 0 Å². The molecule has 84 valence electrons. The molecule has 5 heteroatoms. The number of aromatic nitrogens is 1. The van der Waals surface area contributed by atoms with Crippen LogP contribution < -0.4 is 4.74 Å². The molecule has 1 heterocycles. The van der Waals surface area contributed by atoms with E-state index in [0.717, 1.165) is 0 Å². The third-order valence-electron chi connectivity index (χ3n) is 2.44. The molecule has 0 aliphatic rings. The van der Waals surface area contributed by atoms with Crippen molar-refractivity contribution >= 4 is 17.1 Å².